The Balaban J connectivity index is 1.54. The smallest absolute Gasteiger partial charge is 0.318 e. The minimum atomic E-state index is -0.0331. The van der Waals surface area contributed by atoms with E-state index in [0.29, 0.717) is 31.7 Å². The van der Waals surface area contributed by atoms with E-state index < -0.39 is 0 Å². The van der Waals surface area contributed by atoms with Gasteiger partial charge in [0.1, 0.15) is 5.82 Å². The number of urea groups is 1. The molecule has 1 saturated heterocycles. The first kappa shape index (κ1) is 16.3. The Morgan fingerprint density at radius 3 is 2.83 bits per heavy atom. The summed E-state index contributed by atoms with van der Waals surface area (Å²) in [7, 11) is 0. The normalized spacial score (nSPS) is 15.7. The van der Waals surface area contributed by atoms with Gasteiger partial charge in [-0.2, -0.15) is 5.26 Å². The average molecular weight is 341 g/mol. The van der Waals surface area contributed by atoms with Crippen LogP contribution in [0.4, 0.5) is 10.6 Å². The molecule has 7 heteroatoms. The van der Waals surface area contributed by atoms with E-state index in [4.69, 9.17) is 5.26 Å². The van der Waals surface area contributed by atoms with Crippen molar-refractivity contribution in [1.82, 2.24) is 15.2 Å². The highest BCUT2D eigenvalue weighted by Crippen LogP contribution is 2.19. The number of rotatable bonds is 3. The molecule has 0 spiro atoms. The summed E-state index contributed by atoms with van der Waals surface area (Å²) >= 11 is 1.64. The lowest BCUT2D eigenvalue weighted by molar-refractivity contribution is 0.191. The lowest BCUT2D eigenvalue weighted by atomic mass is 10.2. The van der Waals surface area contributed by atoms with Crippen molar-refractivity contribution in [1.29, 1.82) is 5.26 Å². The lowest BCUT2D eigenvalue weighted by Gasteiger charge is -2.35. The first-order valence-corrected chi connectivity index (χ1v) is 8.75. The number of thiophene rings is 1. The van der Waals surface area contributed by atoms with Gasteiger partial charge in [-0.1, -0.05) is 6.07 Å². The molecule has 24 heavy (non-hydrogen) atoms. The highest BCUT2D eigenvalue weighted by Gasteiger charge is 2.23. The second kappa shape index (κ2) is 7.32. The van der Waals surface area contributed by atoms with Crippen molar-refractivity contribution in [3.63, 3.8) is 0 Å². The van der Waals surface area contributed by atoms with Gasteiger partial charge in [-0.05, 0) is 30.5 Å². The summed E-state index contributed by atoms with van der Waals surface area (Å²) in [6, 6.07) is 9.61. The van der Waals surface area contributed by atoms with Gasteiger partial charge in [0.25, 0.3) is 0 Å². The fraction of sp³-hybridized carbons (Fsp3) is 0.353. The fourth-order valence-electron chi connectivity index (χ4n) is 2.68. The standard InChI is InChI=1S/C17H19N5OS/c1-13(15-3-2-10-24-15)20-17(23)22-8-6-21(7-9-22)16-11-14(12-18)4-5-19-16/h2-5,10-11,13H,6-9H2,1H3,(H,20,23)/t13-/m0/s1. The Bertz CT molecular complexity index is 732. The summed E-state index contributed by atoms with van der Waals surface area (Å²) in [6.45, 7) is 4.70. The molecule has 2 aromatic heterocycles. The molecule has 6 nitrogen and oxygen atoms in total. The van der Waals surface area contributed by atoms with Gasteiger partial charge >= 0.3 is 6.03 Å². The molecule has 124 valence electrons. The van der Waals surface area contributed by atoms with Gasteiger partial charge in [-0.3, -0.25) is 0 Å². The van der Waals surface area contributed by atoms with E-state index in [9.17, 15) is 4.79 Å². The number of hydrogen-bond donors (Lipinski definition) is 1. The zero-order valence-electron chi connectivity index (χ0n) is 13.5. The molecule has 0 saturated carbocycles. The lowest BCUT2D eigenvalue weighted by Crippen LogP contribution is -2.52. The van der Waals surface area contributed by atoms with Crippen LogP contribution < -0.4 is 10.2 Å². The third-order valence-electron chi connectivity index (χ3n) is 4.08. The summed E-state index contributed by atoms with van der Waals surface area (Å²) in [5.41, 5.74) is 0.602. The first-order valence-electron chi connectivity index (χ1n) is 7.87. The molecule has 1 fully saturated rings. The molecule has 0 radical (unpaired) electrons. The van der Waals surface area contributed by atoms with E-state index in [-0.39, 0.29) is 12.1 Å². The molecule has 3 rings (SSSR count). The number of amides is 2. The van der Waals surface area contributed by atoms with Crippen LogP contribution in [0.3, 0.4) is 0 Å². The van der Waals surface area contributed by atoms with Gasteiger partial charge in [-0.15, -0.1) is 11.3 Å². The van der Waals surface area contributed by atoms with Crippen molar-refractivity contribution < 1.29 is 4.79 Å². The van der Waals surface area contributed by atoms with Gasteiger partial charge in [-0.25, -0.2) is 9.78 Å². The van der Waals surface area contributed by atoms with E-state index >= 15 is 0 Å². The van der Waals surface area contributed by atoms with Crippen LogP contribution in [0.1, 0.15) is 23.4 Å². The molecule has 0 bridgehead atoms. The number of anilines is 1. The number of carbonyl (C=O) groups excluding carboxylic acids is 1. The van der Waals surface area contributed by atoms with Gasteiger partial charge < -0.3 is 15.1 Å². The number of pyridine rings is 1. The first-order chi connectivity index (χ1) is 11.7. The zero-order valence-corrected chi connectivity index (χ0v) is 14.3. The Morgan fingerprint density at radius 2 is 2.17 bits per heavy atom. The third kappa shape index (κ3) is 3.66. The van der Waals surface area contributed by atoms with Crippen LogP contribution in [0, 0.1) is 11.3 Å². The molecule has 1 aliphatic heterocycles. The van der Waals surface area contributed by atoms with E-state index in [1.54, 1.807) is 29.7 Å². The largest absolute Gasteiger partial charge is 0.353 e. The van der Waals surface area contributed by atoms with E-state index in [0.717, 1.165) is 10.7 Å². The topological polar surface area (TPSA) is 72.3 Å². The highest BCUT2D eigenvalue weighted by molar-refractivity contribution is 7.10. The van der Waals surface area contributed by atoms with Gasteiger partial charge in [0.2, 0.25) is 0 Å². The van der Waals surface area contributed by atoms with Gasteiger partial charge in [0.15, 0.2) is 0 Å². The molecule has 1 aliphatic rings. The summed E-state index contributed by atoms with van der Waals surface area (Å²) in [6.07, 6.45) is 1.65. The molecule has 1 atom stereocenters. The quantitative estimate of drug-likeness (QED) is 0.931. The van der Waals surface area contributed by atoms with E-state index in [1.165, 1.54) is 0 Å². The molecular formula is C17H19N5OS. The zero-order chi connectivity index (χ0) is 16.9. The van der Waals surface area contributed by atoms with Crippen molar-refractivity contribution in [2.45, 2.75) is 13.0 Å². The Kier molecular flexibility index (Phi) is 4.96. The predicted molar refractivity (Wildman–Crippen MR) is 94.0 cm³/mol. The van der Waals surface area contributed by atoms with E-state index in [2.05, 4.69) is 21.3 Å². The number of carbonyl (C=O) groups is 1. The molecular weight excluding hydrogens is 322 g/mol. The van der Waals surface area contributed by atoms with Crippen LogP contribution in [0.25, 0.3) is 0 Å². The van der Waals surface area contributed by atoms with Crippen LogP contribution in [0.5, 0.6) is 0 Å². The maximum absolute atomic E-state index is 12.4. The Labute approximate surface area is 145 Å². The molecule has 2 amide bonds. The summed E-state index contributed by atoms with van der Waals surface area (Å²) < 4.78 is 0. The third-order valence-corrected chi connectivity index (χ3v) is 5.13. The van der Waals surface area contributed by atoms with Crippen LogP contribution in [-0.4, -0.2) is 42.1 Å². The minimum absolute atomic E-state index is 0.0181. The average Bonchev–Trinajstić information content (AvgIpc) is 3.16. The maximum Gasteiger partial charge on any atom is 0.318 e. The summed E-state index contributed by atoms with van der Waals surface area (Å²) in [5.74, 6) is 0.793. The van der Waals surface area contributed by atoms with Crippen molar-refractivity contribution >= 4 is 23.2 Å². The number of piperazine rings is 1. The Hall–Kier alpha value is -2.59. The number of hydrogen-bond acceptors (Lipinski definition) is 5. The van der Waals surface area contributed by atoms with Crippen molar-refractivity contribution in [3.8, 4) is 6.07 Å². The van der Waals surface area contributed by atoms with Crippen LogP contribution in [0.2, 0.25) is 0 Å². The number of aromatic nitrogens is 1. The maximum atomic E-state index is 12.4. The van der Waals surface area contributed by atoms with Crippen LogP contribution in [-0.2, 0) is 0 Å². The summed E-state index contributed by atoms with van der Waals surface area (Å²) in [5, 5.41) is 14.0. The monoisotopic (exact) mass is 341 g/mol. The fourth-order valence-corrected chi connectivity index (χ4v) is 3.42. The Morgan fingerprint density at radius 1 is 1.38 bits per heavy atom. The second-order valence-electron chi connectivity index (χ2n) is 5.68. The van der Waals surface area contributed by atoms with Crippen molar-refractivity contribution in [2.24, 2.45) is 0 Å². The SMILES string of the molecule is C[C@H](NC(=O)N1CCN(c2cc(C#N)ccn2)CC1)c1cccs1. The number of nitriles is 1. The van der Waals surface area contributed by atoms with Gasteiger partial charge in [0.05, 0.1) is 17.7 Å². The van der Waals surface area contributed by atoms with Crippen molar-refractivity contribution in [3.05, 3.63) is 46.3 Å². The van der Waals surface area contributed by atoms with Crippen molar-refractivity contribution in [2.75, 3.05) is 31.1 Å². The molecule has 3 heterocycles. The molecule has 0 unspecified atom stereocenters. The molecule has 2 aromatic rings. The molecule has 0 aliphatic carbocycles. The van der Waals surface area contributed by atoms with Crippen LogP contribution >= 0.6 is 11.3 Å². The minimum Gasteiger partial charge on any atom is -0.353 e. The highest BCUT2D eigenvalue weighted by atomic mass is 32.1. The number of nitrogens with one attached hydrogen (secondary N) is 1. The van der Waals surface area contributed by atoms with E-state index in [1.807, 2.05) is 29.3 Å². The molecule has 1 N–H and O–H groups in total. The van der Waals surface area contributed by atoms with Gasteiger partial charge in [0, 0.05) is 37.3 Å². The predicted octanol–water partition coefficient (Wildman–Crippen LogP) is 2.61. The molecule has 0 aromatic carbocycles. The number of nitrogens with zero attached hydrogens (tertiary/aromatic N) is 4. The second-order valence-corrected chi connectivity index (χ2v) is 6.65. The summed E-state index contributed by atoms with van der Waals surface area (Å²) in [4.78, 5) is 21.8. The van der Waals surface area contributed by atoms with Crippen LogP contribution in [0.15, 0.2) is 35.8 Å².